The summed E-state index contributed by atoms with van der Waals surface area (Å²) in [6, 6.07) is 1.34. The fraction of sp³-hybridized carbons (Fsp3) is 0.615. The predicted octanol–water partition coefficient (Wildman–Crippen LogP) is 2.06. The van der Waals surface area contributed by atoms with Gasteiger partial charge in [0.1, 0.15) is 6.17 Å². The second-order valence-corrected chi connectivity index (χ2v) is 5.44. The Balaban J connectivity index is 2.08. The third kappa shape index (κ3) is 2.00. The molecule has 2 aliphatic heterocycles. The summed E-state index contributed by atoms with van der Waals surface area (Å²) in [7, 11) is 0. The number of anilines is 2. The zero-order valence-electron chi connectivity index (χ0n) is 11.4. The van der Waals surface area contributed by atoms with Gasteiger partial charge in [0, 0.05) is 31.9 Å². The number of rotatable bonds is 1. The van der Waals surface area contributed by atoms with Crippen LogP contribution in [0.5, 0.6) is 0 Å². The molecule has 20 heavy (non-hydrogen) atoms. The summed E-state index contributed by atoms with van der Waals surface area (Å²) in [5.41, 5.74) is -0.0989. The molecule has 0 aliphatic carbocycles. The molecule has 1 aromatic heterocycles. The molecule has 0 saturated carbocycles. The first kappa shape index (κ1) is 13.5. The van der Waals surface area contributed by atoms with Gasteiger partial charge in [0.15, 0.2) is 5.82 Å². The van der Waals surface area contributed by atoms with E-state index in [0.29, 0.717) is 11.5 Å². The second-order valence-electron chi connectivity index (χ2n) is 5.44. The Morgan fingerprint density at radius 2 is 2.15 bits per heavy atom. The lowest BCUT2D eigenvalue weighted by Crippen LogP contribution is -2.57. The van der Waals surface area contributed by atoms with Gasteiger partial charge in [-0.25, -0.2) is 4.98 Å². The molecular weight excluding hydrogens is 269 g/mol. The standard InChI is InChI=1S/C13H17F3N4/c1-8(2)20-10-5-9(13(14,15)16)6-18-12(10)19-4-3-17-7-11(19)20/h5-6,8,11,17H,3-4,7H2,1-2H3/t11-/m1/s1. The first-order valence-corrected chi connectivity index (χ1v) is 6.72. The third-order valence-corrected chi connectivity index (χ3v) is 3.82. The molecule has 0 aromatic carbocycles. The van der Waals surface area contributed by atoms with E-state index in [9.17, 15) is 13.2 Å². The predicted molar refractivity (Wildman–Crippen MR) is 70.9 cm³/mol. The average Bonchev–Trinajstić information content (AvgIpc) is 2.71. The zero-order valence-corrected chi connectivity index (χ0v) is 11.4. The van der Waals surface area contributed by atoms with Crippen LogP contribution in [0.15, 0.2) is 12.3 Å². The Labute approximate surface area is 115 Å². The number of fused-ring (bicyclic) bond motifs is 3. The lowest BCUT2D eigenvalue weighted by molar-refractivity contribution is -0.137. The van der Waals surface area contributed by atoms with E-state index in [4.69, 9.17) is 0 Å². The number of pyridine rings is 1. The largest absolute Gasteiger partial charge is 0.417 e. The van der Waals surface area contributed by atoms with Gasteiger partial charge in [-0.3, -0.25) is 0 Å². The Kier molecular flexibility index (Phi) is 3.04. The maximum absolute atomic E-state index is 12.9. The minimum absolute atomic E-state index is 0.0507. The third-order valence-electron chi connectivity index (χ3n) is 3.82. The van der Waals surface area contributed by atoms with E-state index in [1.54, 1.807) is 0 Å². The summed E-state index contributed by atoms with van der Waals surface area (Å²) in [6.45, 7) is 6.30. The molecule has 3 heterocycles. The van der Waals surface area contributed by atoms with E-state index in [2.05, 4.69) is 15.2 Å². The van der Waals surface area contributed by atoms with Crippen LogP contribution in [0.4, 0.5) is 24.7 Å². The van der Waals surface area contributed by atoms with Crippen LogP contribution in [0.2, 0.25) is 0 Å². The van der Waals surface area contributed by atoms with Crippen LogP contribution in [0.1, 0.15) is 19.4 Å². The number of aromatic nitrogens is 1. The average molecular weight is 286 g/mol. The molecule has 2 aliphatic rings. The van der Waals surface area contributed by atoms with E-state index in [1.165, 1.54) is 6.07 Å². The number of halogens is 3. The highest BCUT2D eigenvalue weighted by molar-refractivity contribution is 5.75. The highest BCUT2D eigenvalue weighted by Gasteiger charge is 2.41. The van der Waals surface area contributed by atoms with Crippen molar-refractivity contribution in [3.8, 4) is 0 Å². The smallest absolute Gasteiger partial charge is 0.345 e. The van der Waals surface area contributed by atoms with Crippen LogP contribution in [-0.4, -0.2) is 36.8 Å². The van der Waals surface area contributed by atoms with Crippen molar-refractivity contribution < 1.29 is 13.2 Å². The SMILES string of the molecule is CC(C)N1c2cc(C(F)(F)F)cnc2N2CCNC[C@H]21. The summed E-state index contributed by atoms with van der Waals surface area (Å²) < 4.78 is 38.6. The molecule has 0 radical (unpaired) electrons. The second kappa shape index (κ2) is 4.51. The first-order valence-electron chi connectivity index (χ1n) is 6.72. The fourth-order valence-corrected chi connectivity index (χ4v) is 2.98. The van der Waals surface area contributed by atoms with Gasteiger partial charge in [-0.15, -0.1) is 0 Å². The van der Waals surface area contributed by atoms with Crippen LogP contribution in [0, 0.1) is 0 Å². The van der Waals surface area contributed by atoms with Crippen molar-refractivity contribution in [2.45, 2.75) is 32.2 Å². The number of nitrogens with one attached hydrogen (secondary N) is 1. The van der Waals surface area contributed by atoms with Gasteiger partial charge in [-0.1, -0.05) is 0 Å². The van der Waals surface area contributed by atoms with Crippen molar-refractivity contribution >= 4 is 11.5 Å². The number of nitrogens with zero attached hydrogens (tertiary/aromatic N) is 3. The zero-order chi connectivity index (χ0) is 14.5. The number of alkyl halides is 3. The molecule has 3 rings (SSSR count). The van der Waals surface area contributed by atoms with Crippen molar-refractivity contribution in [1.82, 2.24) is 10.3 Å². The molecule has 0 spiro atoms. The summed E-state index contributed by atoms with van der Waals surface area (Å²) in [5.74, 6) is 0.665. The summed E-state index contributed by atoms with van der Waals surface area (Å²) >= 11 is 0. The first-order chi connectivity index (χ1) is 9.39. The van der Waals surface area contributed by atoms with Crippen LogP contribution in [0.3, 0.4) is 0 Å². The molecule has 1 N–H and O–H groups in total. The summed E-state index contributed by atoms with van der Waals surface area (Å²) in [6.07, 6.45) is -3.37. The van der Waals surface area contributed by atoms with E-state index in [-0.39, 0.29) is 12.2 Å². The quantitative estimate of drug-likeness (QED) is 0.856. The van der Waals surface area contributed by atoms with Crippen LogP contribution in [-0.2, 0) is 6.18 Å². The van der Waals surface area contributed by atoms with Crippen molar-refractivity contribution in [1.29, 1.82) is 0 Å². The van der Waals surface area contributed by atoms with Gasteiger partial charge < -0.3 is 15.1 Å². The van der Waals surface area contributed by atoms with E-state index < -0.39 is 11.7 Å². The molecule has 0 unspecified atom stereocenters. The van der Waals surface area contributed by atoms with Crippen LogP contribution >= 0.6 is 0 Å². The highest BCUT2D eigenvalue weighted by atomic mass is 19.4. The topological polar surface area (TPSA) is 31.4 Å². The fourth-order valence-electron chi connectivity index (χ4n) is 2.98. The number of hydrogen-bond donors (Lipinski definition) is 1. The van der Waals surface area contributed by atoms with Crippen molar-refractivity contribution in [3.05, 3.63) is 17.8 Å². The van der Waals surface area contributed by atoms with Crippen molar-refractivity contribution in [2.75, 3.05) is 29.4 Å². The molecule has 1 atom stereocenters. The molecule has 1 fully saturated rings. The Hall–Kier alpha value is -1.50. The van der Waals surface area contributed by atoms with Crippen LogP contribution in [0.25, 0.3) is 0 Å². The van der Waals surface area contributed by atoms with Gasteiger partial charge in [0.05, 0.1) is 11.3 Å². The Morgan fingerprint density at radius 3 is 2.80 bits per heavy atom. The monoisotopic (exact) mass is 286 g/mol. The van der Waals surface area contributed by atoms with Crippen LogP contribution < -0.4 is 15.1 Å². The molecule has 110 valence electrons. The molecule has 4 nitrogen and oxygen atoms in total. The summed E-state index contributed by atoms with van der Waals surface area (Å²) in [4.78, 5) is 8.19. The maximum atomic E-state index is 12.9. The molecule has 1 saturated heterocycles. The normalized spacial score (nSPS) is 22.2. The van der Waals surface area contributed by atoms with E-state index in [0.717, 1.165) is 25.8 Å². The number of piperazine rings is 1. The molecule has 0 bridgehead atoms. The Morgan fingerprint density at radius 1 is 1.40 bits per heavy atom. The minimum Gasteiger partial charge on any atom is -0.345 e. The van der Waals surface area contributed by atoms with E-state index in [1.807, 2.05) is 18.7 Å². The maximum Gasteiger partial charge on any atom is 0.417 e. The molecule has 7 heteroatoms. The van der Waals surface area contributed by atoms with Crippen molar-refractivity contribution in [2.24, 2.45) is 0 Å². The van der Waals surface area contributed by atoms with Gasteiger partial charge in [-0.05, 0) is 19.9 Å². The number of hydrogen-bond acceptors (Lipinski definition) is 4. The van der Waals surface area contributed by atoms with Gasteiger partial charge in [0.2, 0.25) is 0 Å². The van der Waals surface area contributed by atoms with Gasteiger partial charge in [0.25, 0.3) is 0 Å². The summed E-state index contributed by atoms with van der Waals surface area (Å²) in [5, 5.41) is 3.29. The molecular formula is C13H17F3N4. The van der Waals surface area contributed by atoms with Gasteiger partial charge >= 0.3 is 6.18 Å². The van der Waals surface area contributed by atoms with E-state index >= 15 is 0 Å². The van der Waals surface area contributed by atoms with Crippen molar-refractivity contribution in [3.63, 3.8) is 0 Å². The van der Waals surface area contributed by atoms with Gasteiger partial charge in [-0.2, -0.15) is 13.2 Å². The lowest BCUT2D eigenvalue weighted by atomic mass is 10.2. The lowest BCUT2D eigenvalue weighted by Gasteiger charge is -2.38. The minimum atomic E-state index is -4.36. The highest BCUT2D eigenvalue weighted by Crippen LogP contribution is 2.42. The molecule has 0 amide bonds. The molecule has 1 aromatic rings. The Bertz CT molecular complexity index is 515.